The van der Waals surface area contributed by atoms with Crippen molar-refractivity contribution in [3.8, 4) is 17.0 Å². The third-order valence-corrected chi connectivity index (χ3v) is 6.50. The van der Waals surface area contributed by atoms with E-state index in [4.69, 9.17) is 9.84 Å². The van der Waals surface area contributed by atoms with Gasteiger partial charge >= 0.3 is 0 Å². The van der Waals surface area contributed by atoms with Crippen LogP contribution in [-0.4, -0.2) is 36.7 Å². The van der Waals surface area contributed by atoms with Gasteiger partial charge in [-0.3, -0.25) is 9.20 Å². The summed E-state index contributed by atoms with van der Waals surface area (Å²) in [5.41, 5.74) is 3.44. The Morgan fingerprint density at radius 1 is 1.15 bits per heavy atom. The van der Waals surface area contributed by atoms with Crippen LogP contribution in [0.5, 0.6) is 5.75 Å². The van der Waals surface area contributed by atoms with Gasteiger partial charge in [0.1, 0.15) is 17.1 Å². The lowest BCUT2D eigenvalue weighted by Gasteiger charge is -2.05. The average Bonchev–Trinajstić information content (AvgIpc) is 3.61. The van der Waals surface area contributed by atoms with Crippen molar-refractivity contribution < 1.29 is 9.53 Å². The van der Waals surface area contributed by atoms with Crippen LogP contribution in [0.2, 0.25) is 0 Å². The smallest absolute Gasteiger partial charge is 0.220 e. The first kappa shape index (κ1) is 22.1. The van der Waals surface area contributed by atoms with E-state index in [1.54, 1.807) is 11.3 Å². The van der Waals surface area contributed by atoms with E-state index in [0.717, 1.165) is 58.3 Å². The van der Waals surface area contributed by atoms with Crippen molar-refractivity contribution >= 4 is 28.4 Å². The molecular formula is C25H26N6O2S. The normalized spacial score (nSPS) is 11.3. The SMILES string of the molecule is CCCCOc1ccc(-c2cc3c4nnc(CCC(=O)NCc5cccs5)n4ccn3n2)cc1. The van der Waals surface area contributed by atoms with E-state index >= 15 is 0 Å². The fourth-order valence-corrected chi connectivity index (χ4v) is 4.38. The summed E-state index contributed by atoms with van der Waals surface area (Å²) in [6, 6.07) is 14.0. The molecule has 0 radical (unpaired) electrons. The van der Waals surface area contributed by atoms with Crippen LogP contribution in [0.1, 0.15) is 36.9 Å². The summed E-state index contributed by atoms with van der Waals surface area (Å²) in [4.78, 5) is 13.4. The second kappa shape index (κ2) is 10.0. The Kier molecular flexibility index (Phi) is 6.53. The fourth-order valence-electron chi connectivity index (χ4n) is 3.74. The standard InChI is InChI=1S/C25H26N6O2S/c1-2-3-14-33-19-8-6-18(7-9-19)21-16-22-25-28-27-23(30(25)12-13-31(22)29-21)10-11-24(32)26-17-20-5-4-15-34-20/h4-9,12-13,15-16H,2-3,10-11,14,17H2,1H3,(H,26,32). The minimum absolute atomic E-state index is 0.0000114. The summed E-state index contributed by atoms with van der Waals surface area (Å²) in [5, 5.41) is 18.4. The van der Waals surface area contributed by atoms with E-state index in [0.29, 0.717) is 19.4 Å². The van der Waals surface area contributed by atoms with Gasteiger partial charge in [0.05, 0.1) is 18.8 Å². The van der Waals surface area contributed by atoms with E-state index in [1.165, 1.54) is 0 Å². The zero-order valence-corrected chi connectivity index (χ0v) is 19.8. The number of rotatable bonds is 10. The number of amides is 1. The number of nitrogens with zero attached hydrogens (tertiary/aromatic N) is 5. The molecule has 4 aromatic heterocycles. The van der Waals surface area contributed by atoms with Crippen LogP contribution in [0.4, 0.5) is 0 Å². The largest absolute Gasteiger partial charge is 0.494 e. The molecule has 0 saturated heterocycles. The predicted molar refractivity (Wildman–Crippen MR) is 132 cm³/mol. The lowest BCUT2D eigenvalue weighted by Crippen LogP contribution is -2.22. The second-order valence-electron chi connectivity index (χ2n) is 8.05. The van der Waals surface area contributed by atoms with Gasteiger partial charge < -0.3 is 10.1 Å². The molecule has 0 aliphatic rings. The number of fused-ring (bicyclic) bond motifs is 3. The van der Waals surface area contributed by atoms with E-state index < -0.39 is 0 Å². The van der Waals surface area contributed by atoms with Crippen molar-refractivity contribution in [1.82, 2.24) is 29.5 Å². The van der Waals surface area contributed by atoms with Crippen molar-refractivity contribution in [2.45, 2.75) is 39.2 Å². The Balaban J connectivity index is 1.29. The number of thiophene rings is 1. The van der Waals surface area contributed by atoms with E-state index in [-0.39, 0.29) is 5.91 Å². The molecule has 0 aliphatic carbocycles. The lowest BCUT2D eigenvalue weighted by molar-refractivity contribution is -0.121. The van der Waals surface area contributed by atoms with Crippen molar-refractivity contribution in [2.75, 3.05) is 6.61 Å². The molecule has 0 saturated carbocycles. The van der Waals surface area contributed by atoms with E-state index in [1.807, 2.05) is 69.2 Å². The number of carbonyl (C=O) groups excluding carboxylic acids is 1. The number of aryl methyl sites for hydroxylation is 1. The summed E-state index contributed by atoms with van der Waals surface area (Å²) in [5.74, 6) is 1.62. The summed E-state index contributed by atoms with van der Waals surface area (Å²) < 4.78 is 9.49. The fraction of sp³-hybridized carbons (Fsp3) is 0.280. The number of benzene rings is 1. The zero-order valence-electron chi connectivity index (χ0n) is 19.0. The first-order valence-electron chi connectivity index (χ1n) is 11.5. The van der Waals surface area contributed by atoms with Gasteiger partial charge in [0, 0.05) is 35.7 Å². The number of hydrogen-bond donors (Lipinski definition) is 1. The highest BCUT2D eigenvalue weighted by atomic mass is 32.1. The molecule has 1 amide bonds. The number of nitrogens with one attached hydrogen (secondary N) is 1. The number of ether oxygens (including phenoxy) is 1. The summed E-state index contributed by atoms with van der Waals surface area (Å²) in [7, 11) is 0. The van der Waals surface area contributed by atoms with E-state index in [9.17, 15) is 4.79 Å². The van der Waals surface area contributed by atoms with Gasteiger partial charge in [-0.25, -0.2) is 4.52 Å². The lowest BCUT2D eigenvalue weighted by atomic mass is 10.1. The van der Waals surface area contributed by atoms with Gasteiger partial charge in [-0.05, 0) is 48.2 Å². The van der Waals surface area contributed by atoms with Gasteiger partial charge in [-0.15, -0.1) is 21.5 Å². The van der Waals surface area contributed by atoms with Gasteiger partial charge in [-0.1, -0.05) is 19.4 Å². The van der Waals surface area contributed by atoms with Crippen LogP contribution < -0.4 is 10.1 Å². The van der Waals surface area contributed by atoms with Gasteiger partial charge in [0.25, 0.3) is 0 Å². The van der Waals surface area contributed by atoms with Crippen molar-refractivity contribution in [1.29, 1.82) is 0 Å². The first-order valence-corrected chi connectivity index (χ1v) is 12.3. The van der Waals surface area contributed by atoms with Crippen molar-refractivity contribution in [3.63, 3.8) is 0 Å². The molecule has 0 unspecified atom stereocenters. The summed E-state index contributed by atoms with van der Waals surface area (Å²) in [6.45, 7) is 3.44. The van der Waals surface area contributed by atoms with E-state index in [2.05, 4.69) is 22.4 Å². The van der Waals surface area contributed by atoms with Crippen LogP contribution in [0.3, 0.4) is 0 Å². The number of unbranched alkanes of at least 4 members (excludes halogenated alkanes) is 1. The number of aromatic nitrogens is 5. The predicted octanol–water partition coefficient (Wildman–Crippen LogP) is 4.53. The maximum absolute atomic E-state index is 12.3. The molecule has 34 heavy (non-hydrogen) atoms. The van der Waals surface area contributed by atoms with Crippen LogP contribution in [0.25, 0.3) is 22.4 Å². The Morgan fingerprint density at radius 3 is 2.82 bits per heavy atom. The molecule has 4 heterocycles. The molecule has 0 bridgehead atoms. The third kappa shape index (κ3) is 4.79. The Morgan fingerprint density at radius 2 is 2.03 bits per heavy atom. The molecule has 0 atom stereocenters. The Hall–Kier alpha value is -3.72. The number of carbonyl (C=O) groups is 1. The Labute approximate surface area is 201 Å². The molecule has 1 N–H and O–H groups in total. The molecule has 5 rings (SSSR count). The highest BCUT2D eigenvalue weighted by Gasteiger charge is 2.14. The molecule has 174 valence electrons. The van der Waals surface area contributed by atoms with Gasteiger partial charge in [0.2, 0.25) is 5.91 Å². The number of hydrogen-bond acceptors (Lipinski definition) is 6. The maximum Gasteiger partial charge on any atom is 0.220 e. The average molecular weight is 475 g/mol. The first-order chi connectivity index (χ1) is 16.7. The topological polar surface area (TPSA) is 85.8 Å². The zero-order chi connectivity index (χ0) is 23.3. The second-order valence-corrected chi connectivity index (χ2v) is 9.08. The van der Waals surface area contributed by atoms with Crippen LogP contribution in [0.15, 0.2) is 60.2 Å². The van der Waals surface area contributed by atoms with Crippen LogP contribution in [-0.2, 0) is 17.8 Å². The Bertz CT molecular complexity index is 1390. The molecule has 0 aliphatic heterocycles. The van der Waals surface area contributed by atoms with Crippen molar-refractivity contribution in [3.05, 3.63) is 70.9 Å². The molecular weight excluding hydrogens is 448 g/mol. The minimum atomic E-state index is -0.0000114. The highest BCUT2D eigenvalue weighted by molar-refractivity contribution is 7.09. The quantitative estimate of drug-likeness (QED) is 0.301. The third-order valence-electron chi connectivity index (χ3n) is 5.62. The maximum atomic E-state index is 12.3. The monoisotopic (exact) mass is 474 g/mol. The van der Waals surface area contributed by atoms with Gasteiger partial charge in [0.15, 0.2) is 5.65 Å². The van der Waals surface area contributed by atoms with Crippen LogP contribution in [0, 0.1) is 0 Å². The minimum Gasteiger partial charge on any atom is -0.494 e. The molecule has 5 aromatic rings. The van der Waals surface area contributed by atoms with Gasteiger partial charge in [-0.2, -0.15) is 5.10 Å². The highest BCUT2D eigenvalue weighted by Crippen LogP contribution is 2.24. The molecule has 8 nitrogen and oxygen atoms in total. The van der Waals surface area contributed by atoms with Crippen molar-refractivity contribution in [2.24, 2.45) is 0 Å². The summed E-state index contributed by atoms with van der Waals surface area (Å²) >= 11 is 1.63. The molecule has 0 spiro atoms. The molecule has 0 fully saturated rings. The van der Waals surface area contributed by atoms with Crippen LogP contribution >= 0.6 is 11.3 Å². The molecule has 9 heteroatoms. The summed E-state index contributed by atoms with van der Waals surface area (Å²) in [6.07, 6.45) is 6.80. The molecule has 1 aromatic carbocycles.